The van der Waals surface area contributed by atoms with Crippen LogP contribution in [0.15, 0.2) is 27.8 Å². The number of likely N-dealkylation sites (N-methyl/N-ethyl adjacent to an activating group) is 1. The van der Waals surface area contributed by atoms with E-state index >= 15 is 0 Å². The molecule has 1 atom stereocenters. The molecule has 7 heteroatoms. The number of aliphatic imine (C=N–C) groups is 1. The molecule has 2 heterocycles. The maximum Gasteiger partial charge on any atom is 0.193 e. The van der Waals surface area contributed by atoms with Crippen LogP contribution in [0.5, 0.6) is 0 Å². The number of nitrogens with one attached hydrogen (secondary N) is 1. The fraction of sp³-hybridized carbons (Fsp3) is 0.737. The van der Waals surface area contributed by atoms with Gasteiger partial charge in [-0.3, -0.25) is 9.89 Å². The van der Waals surface area contributed by atoms with E-state index in [1.807, 2.05) is 19.2 Å². The van der Waals surface area contributed by atoms with E-state index in [1.54, 1.807) is 6.26 Å². The molecule has 0 bridgehead atoms. The highest BCUT2D eigenvalue weighted by Crippen LogP contribution is 2.42. The lowest BCUT2D eigenvalue weighted by Gasteiger charge is -2.45. The first-order valence-corrected chi connectivity index (χ1v) is 10.4. The van der Waals surface area contributed by atoms with Crippen LogP contribution >= 0.6 is 35.7 Å². The van der Waals surface area contributed by atoms with Crippen LogP contribution in [0.3, 0.4) is 0 Å². The van der Waals surface area contributed by atoms with Crippen LogP contribution in [0, 0.1) is 0 Å². The number of rotatable bonds is 4. The summed E-state index contributed by atoms with van der Waals surface area (Å²) in [6.07, 6.45) is 8.64. The molecule has 2 fully saturated rings. The van der Waals surface area contributed by atoms with Crippen LogP contribution in [0.25, 0.3) is 0 Å². The Kier molecular flexibility index (Phi) is 8.60. The van der Waals surface area contributed by atoms with Gasteiger partial charge in [0, 0.05) is 37.2 Å². The van der Waals surface area contributed by atoms with Gasteiger partial charge in [0.15, 0.2) is 5.96 Å². The maximum absolute atomic E-state index is 5.62. The molecule has 0 amide bonds. The number of halogens is 1. The van der Waals surface area contributed by atoms with Gasteiger partial charge in [-0.2, -0.15) is 11.8 Å². The first-order chi connectivity index (χ1) is 12.1. The molecular weight excluding hydrogens is 459 g/mol. The molecule has 5 nitrogen and oxygen atoms in total. The van der Waals surface area contributed by atoms with Crippen molar-refractivity contribution in [2.45, 2.75) is 42.9 Å². The van der Waals surface area contributed by atoms with Crippen molar-refractivity contribution in [1.82, 2.24) is 15.1 Å². The Bertz CT molecular complexity index is 552. The molecule has 1 N–H and O–H groups in total. The molecule has 1 aliphatic heterocycles. The number of hydrogen-bond donors (Lipinski definition) is 1. The Morgan fingerprint density at radius 1 is 1.38 bits per heavy atom. The van der Waals surface area contributed by atoms with Gasteiger partial charge >= 0.3 is 0 Å². The number of furan rings is 1. The van der Waals surface area contributed by atoms with Crippen molar-refractivity contribution < 1.29 is 4.42 Å². The number of hydrogen-bond acceptors (Lipinski definition) is 4. The third kappa shape index (κ3) is 5.32. The molecule has 1 unspecified atom stereocenters. The van der Waals surface area contributed by atoms with Crippen LogP contribution in [-0.4, -0.2) is 67.0 Å². The lowest BCUT2D eigenvalue weighted by molar-refractivity contribution is 0.252. The van der Waals surface area contributed by atoms with Crippen molar-refractivity contribution >= 4 is 41.7 Å². The van der Waals surface area contributed by atoms with Gasteiger partial charge in [-0.05, 0) is 39.1 Å². The Morgan fingerprint density at radius 3 is 2.77 bits per heavy atom. The summed E-state index contributed by atoms with van der Waals surface area (Å²) in [7, 11) is 6.08. The van der Waals surface area contributed by atoms with Gasteiger partial charge in [0.2, 0.25) is 0 Å². The fourth-order valence-electron chi connectivity index (χ4n) is 4.06. The average molecular weight is 492 g/mol. The van der Waals surface area contributed by atoms with Crippen LogP contribution < -0.4 is 5.32 Å². The second kappa shape index (κ2) is 10.2. The van der Waals surface area contributed by atoms with Gasteiger partial charge in [0.25, 0.3) is 0 Å². The summed E-state index contributed by atoms with van der Waals surface area (Å²) in [5.41, 5.74) is 0. The Hall–Kier alpha value is -0.410. The molecule has 2 aliphatic rings. The zero-order chi connectivity index (χ0) is 17.7. The molecule has 26 heavy (non-hydrogen) atoms. The van der Waals surface area contributed by atoms with Gasteiger partial charge < -0.3 is 14.6 Å². The number of guanidine groups is 1. The summed E-state index contributed by atoms with van der Waals surface area (Å²) < 4.78 is 6.07. The average Bonchev–Trinajstić information content (AvgIpc) is 3.13. The summed E-state index contributed by atoms with van der Waals surface area (Å²) in [6.45, 7) is 3.01. The monoisotopic (exact) mass is 492 g/mol. The minimum Gasteiger partial charge on any atom is -0.468 e. The third-order valence-electron chi connectivity index (χ3n) is 5.47. The summed E-state index contributed by atoms with van der Waals surface area (Å²) in [5, 5.41) is 3.60. The molecular formula is C19H33IN4OS. The predicted molar refractivity (Wildman–Crippen MR) is 122 cm³/mol. The lowest BCUT2D eigenvalue weighted by atomic mass is 9.87. The molecule has 1 aliphatic carbocycles. The number of thioether (sulfide) groups is 1. The van der Waals surface area contributed by atoms with Crippen molar-refractivity contribution in [3.05, 3.63) is 24.2 Å². The van der Waals surface area contributed by atoms with E-state index in [0.717, 1.165) is 31.4 Å². The highest BCUT2D eigenvalue weighted by Gasteiger charge is 2.38. The minimum absolute atomic E-state index is 0. The van der Waals surface area contributed by atoms with Crippen LogP contribution in [0.4, 0.5) is 0 Å². The molecule has 148 valence electrons. The molecule has 1 saturated heterocycles. The fourth-order valence-corrected chi connectivity index (χ4v) is 5.63. The molecule has 1 spiro atoms. The van der Waals surface area contributed by atoms with Gasteiger partial charge in [0.05, 0.1) is 12.3 Å². The van der Waals surface area contributed by atoms with Gasteiger partial charge in [-0.15, -0.1) is 24.0 Å². The predicted octanol–water partition coefficient (Wildman–Crippen LogP) is 3.83. The van der Waals surface area contributed by atoms with Crippen molar-refractivity contribution in [2.24, 2.45) is 4.99 Å². The van der Waals surface area contributed by atoms with Crippen molar-refractivity contribution in [1.29, 1.82) is 0 Å². The van der Waals surface area contributed by atoms with E-state index in [0.29, 0.717) is 4.75 Å². The smallest absolute Gasteiger partial charge is 0.193 e. The second-order valence-electron chi connectivity index (χ2n) is 7.44. The minimum atomic E-state index is 0. The van der Waals surface area contributed by atoms with E-state index < -0.39 is 0 Å². The standard InChI is InChI=1S/C19H32N4OS.HI/c1-20-18(21-14-16(22(2)3)17-8-7-12-24-17)23-11-13-25-19(15-23)9-5-4-6-10-19;/h7-8,12,16H,4-6,9-11,13-15H2,1-3H3,(H,20,21);1H. The quantitative estimate of drug-likeness (QED) is 0.393. The highest BCUT2D eigenvalue weighted by molar-refractivity contribution is 14.0. The summed E-state index contributed by atoms with van der Waals surface area (Å²) in [4.78, 5) is 9.23. The molecule has 3 rings (SSSR count). The van der Waals surface area contributed by atoms with Crippen LogP contribution in [0.1, 0.15) is 43.9 Å². The Morgan fingerprint density at radius 2 is 2.15 bits per heavy atom. The van der Waals surface area contributed by atoms with E-state index in [1.165, 1.54) is 37.9 Å². The molecule has 1 aromatic heterocycles. The van der Waals surface area contributed by atoms with Crippen LogP contribution in [0.2, 0.25) is 0 Å². The topological polar surface area (TPSA) is 44.0 Å². The second-order valence-corrected chi connectivity index (χ2v) is 9.00. The van der Waals surface area contributed by atoms with Crippen molar-refractivity contribution in [3.8, 4) is 0 Å². The largest absolute Gasteiger partial charge is 0.468 e. The van der Waals surface area contributed by atoms with E-state index in [9.17, 15) is 0 Å². The highest BCUT2D eigenvalue weighted by atomic mass is 127. The van der Waals surface area contributed by atoms with E-state index in [4.69, 9.17) is 4.42 Å². The third-order valence-corrected chi connectivity index (χ3v) is 7.01. The normalized spacial score (nSPS) is 21.5. The van der Waals surface area contributed by atoms with Gasteiger partial charge in [-0.25, -0.2) is 0 Å². The zero-order valence-electron chi connectivity index (χ0n) is 16.2. The zero-order valence-corrected chi connectivity index (χ0v) is 19.4. The molecule has 1 aromatic rings. The van der Waals surface area contributed by atoms with Crippen molar-refractivity contribution in [3.63, 3.8) is 0 Å². The summed E-state index contributed by atoms with van der Waals surface area (Å²) in [6, 6.07) is 4.20. The Labute approximate surface area is 179 Å². The molecule has 1 saturated carbocycles. The van der Waals surface area contributed by atoms with Gasteiger partial charge in [-0.1, -0.05) is 19.3 Å². The number of nitrogens with zero attached hydrogens (tertiary/aromatic N) is 3. The van der Waals surface area contributed by atoms with Gasteiger partial charge in [0.1, 0.15) is 5.76 Å². The van der Waals surface area contributed by atoms with E-state index in [2.05, 4.69) is 46.0 Å². The summed E-state index contributed by atoms with van der Waals surface area (Å²) >= 11 is 2.20. The lowest BCUT2D eigenvalue weighted by Crippen LogP contribution is -2.54. The molecule has 0 radical (unpaired) electrons. The molecule has 0 aromatic carbocycles. The first kappa shape index (κ1) is 21.9. The van der Waals surface area contributed by atoms with E-state index in [-0.39, 0.29) is 30.0 Å². The first-order valence-electron chi connectivity index (χ1n) is 9.43. The van der Waals surface area contributed by atoms with Crippen molar-refractivity contribution in [2.75, 3.05) is 46.5 Å². The Balaban J connectivity index is 0.00000243. The maximum atomic E-state index is 5.62. The van der Waals surface area contributed by atoms with Crippen LogP contribution in [-0.2, 0) is 0 Å². The summed E-state index contributed by atoms with van der Waals surface area (Å²) in [5.74, 6) is 3.23. The SMILES string of the molecule is CN=C(NCC(c1ccco1)N(C)C)N1CCSC2(CCCCC2)C1.I.